The number of rotatable bonds is 2. The fourth-order valence-corrected chi connectivity index (χ4v) is 3.66. The summed E-state index contributed by atoms with van der Waals surface area (Å²) in [6, 6.07) is 0.380. The maximum absolute atomic E-state index is 13.8. The molecule has 112 valence electrons. The molecule has 0 radical (unpaired) electrons. The van der Waals surface area contributed by atoms with Crippen molar-refractivity contribution in [3.63, 3.8) is 0 Å². The Labute approximate surface area is 121 Å². The number of pyridine rings is 1. The molecule has 1 amide bonds. The van der Waals surface area contributed by atoms with Crippen LogP contribution < -0.4 is 0 Å². The van der Waals surface area contributed by atoms with Crippen LogP contribution in [0.5, 0.6) is 0 Å². The summed E-state index contributed by atoms with van der Waals surface area (Å²) in [6.45, 7) is 0. The molecule has 2 aliphatic rings. The minimum Gasteiger partial charge on any atom is -0.480 e. The highest BCUT2D eigenvalue weighted by Crippen LogP contribution is 2.40. The van der Waals surface area contributed by atoms with Gasteiger partial charge >= 0.3 is 5.97 Å². The number of halogens is 1. The molecule has 0 bridgehead atoms. The molecule has 1 N–H and O–H groups in total. The summed E-state index contributed by atoms with van der Waals surface area (Å²) in [4.78, 5) is 29.1. The molecule has 0 unspecified atom stereocenters. The summed E-state index contributed by atoms with van der Waals surface area (Å²) in [6.07, 6.45) is 6.59. The van der Waals surface area contributed by atoms with Gasteiger partial charge in [-0.1, -0.05) is 12.8 Å². The van der Waals surface area contributed by atoms with E-state index in [4.69, 9.17) is 0 Å². The van der Waals surface area contributed by atoms with E-state index in [1.165, 1.54) is 17.2 Å². The number of amides is 1. The third-order valence-corrected chi connectivity index (χ3v) is 4.61. The lowest BCUT2D eigenvalue weighted by molar-refractivity contribution is -0.141. The summed E-state index contributed by atoms with van der Waals surface area (Å²) < 4.78 is 13.8. The summed E-state index contributed by atoms with van der Waals surface area (Å²) >= 11 is 0. The van der Waals surface area contributed by atoms with E-state index >= 15 is 0 Å². The quantitative estimate of drug-likeness (QED) is 0.906. The van der Waals surface area contributed by atoms with Gasteiger partial charge in [0.1, 0.15) is 6.04 Å². The molecule has 3 atom stereocenters. The number of hydrogen-bond acceptors (Lipinski definition) is 3. The summed E-state index contributed by atoms with van der Waals surface area (Å²) in [5.74, 6) is -2.02. The van der Waals surface area contributed by atoms with E-state index in [0.717, 1.165) is 31.9 Å². The van der Waals surface area contributed by atoms with Gasteiger partial charge in [0.05, 0.1) is 11.8 Å². The molecule has 2 heterocycles. The fraction of sp³-hybridized carbons (Fsp3) is 0.533. The number of aromatic nitrogens is 1. The van der Waals surface area contributed by atoms with Crippen molar-refractivity contribution < 1.29 is 19.1 Å². The van der Waals surface area contributed by atoms with Gasteiger partial charge in [-0.25, -0.2) is 9.18 Å². The molecule has 0 spiro atoms. The van der Waals surface area contributed by atoms with Crippen LogP contribution in [-0.4, -0.2) is 39.0 Å². The highest BCUT2D eigenvalue weighted by Gasteiger charge is 2.48. The molecule has 1 saturated carbocycles. The molecular formula is C15H17FN2O3. The Morgan fingerprint density at radius 2 is 2.10 bits per heavy atom. The van der Waals surface area contributed by atoms with Gasteiger partial charge in [-0.3, -0.25) is 9.78 Å². The molecule has 1 aliphatic heterocycles. The van der Waals surface area contributed by atoms with Crippen molar-refractivity contribution >= 4 is 11.9 Å². The number of carboxylic acids is 1. The Morgan fingerprint density at radius 3 is 2.81 bits per heavy atom. The second-order valence-corrected chi connectivity index (χ2v) is 5.77. The number of carbonyl (C=O) groups excluding carboxylic acids is 1. The van der Waals surface area contributed by atoms with Crippen molar-refractivity contribution in [1.82, 2.24) is 9.88 Å². The zero-order chi connectivity index (χ0) is 15.0. The van der Waals surface area contributed by atoms with Crippen LogP contribution in [0, 0.1) is 11.7 Å². The highest BCUT2D eigenvalue weighted by atomic mass is 19.1. The van der Waals surface area contributed by atoms with Crippen molar-refractivity contribution in [3.05, 3.63) is 29.8 Å². The van der Waals surface area contributed by atoms with Crippen molar-refractivity contribution in [2.24, 2.45) is 5.92 Å². The van der Waals surface area contributed by atoms with Gasteiger partial charge in [0.2, 0.25) is 0 Å². The number of likely N-dealkylation sites (tertiary alicyclic amines) is 1. The maximum Gasteiger partial charge on any atom is 0.326 e. The average Bonchev–Trinajstić information content (AvgIpc) is 2.86. The molecule has 2 fully saturated rings. The molecule has 21 heavy (non-hydrogen) atoms. The fourth-order valence-electron chi connectivity index (χ4n) is 3.66. The van der Waals surface area contributed by atoms with Crippen LogP contribution in [0.3, 0.4) is 0 Å². The van der Waals surface area contributed by atoms with Crippen molar-refractivity contribution in [3.8, 4) is 0 Å². The van der Waals surface area contributed by atoms with Crippen LogP contribution in [0.2, 0.25) is 0 Å². The molecule has 1 saturated heterocycles. The van der Waals surface area contributed by atoms with Crippen LogP contribution >= 0.6 is 0 Å². The normalized spacial score (nSPS) is 28.2. The number of aliphatic carboxylic acids is 1. The maximum atomic E-state index is 13.8. The number of carboxylic acid groups (broad SMARTS) is 1. The van der Waals surface area contributed by atoms with Crippen molar-refractivity contribution in [2.75, 3.05) is 0 Å². The van der Waals surface area contributed by atoms with E-state index < -0.39 is 23.7 Å². The lowest BCUT2D eigenvalue weighted by atomic mass is 9.84. The van der Waals surface area contributed by atoms with E-state index in [1.807, 2.05) is 0 Å². The molecule has 1 aromatic rings. The first-order valence-electron chi connectivity index (χ1n) is 7.24. The Morgan fingerprint density at radius 1 is 1.33 bits per heavy atom. The van der Waals surface area contributed by atoms with Gasteiger partial charge in [0.15, 0.2) is 5.82 Å². The monoisotopic (exact) mass is 292 g/mol. The lowest BCUT2D eigenvalue weighted by Crippen LogP contribution is -2.46. The van der Waals surface area contributed by atoms with E-state index in [0.29, 0.717) is 6.42 Å². The number of hydrogen-bond donors (Lipinski definition) is 1. The summed E-state index contributed by atoms with van der Waals surface area (Å²) in [5, 5.41) is 9.40. The number of nitrogens with zero attached hydrogens (tertiary/aromatic N) is 2. The second kappa shape index (κ2) is 5.42. The minimum atomic E-state index is -1.01. The Balaban J connectivity index is 1.95. The van der Waals surface area contributed by atoms with Gasteiger partial charge in [-0.2, -0.15) is 0 Å². The van der Waals surface area contributed by atoms with E-state index in [9.17, 15) is 19.1 Å². The molecule has 0 aromatic carbocycles. The summed E-state index contributed by atoms with van der Waals surface area (Å²) in [7, 11) is 0. The van der Waals surface area contributed by atoms with Gasteiger partial charge in [-0.15, -0.1) is 0 Å². The molecule has 3 rings (SSSR count). The third kappa shape index (κ3) is 2.39. The predicted molar refractivity (Wildman–Crippen MR) is 72.2 cm³/mol. The average molecular weight is 292 g/mol. The Kier molecular flexibility index (Phi) is 3.61. The predicted octanol–water partition coefficient (Wildman–Crippen LogP) is 2.08. The van der Waals surface area contributed by atoms with E-state index in [-0.39, 0.29) is 17.5 Å². The Bertz CT molecular complexity index is 578. The highest BCUT2D eigenvalue weighted by molar-refractivity contribution is 5.97. The second-order valence-electron chi connectivity index (χ2n) is 5.77. The van der Waals surface area contributed by atoms with Crippen LogP contribution in [-0.2, 0) is 4.79 Å². The lowest BCUT2D eigenvalue weighted by Gasteiger charge is -2.33. The van der Waals surface area contributed by atoms with Crippen molar-refractivity contribution in [2.45, 2.75) is 44.2 Å². The first-order chi connectivity index (χ1) is 10.1. The smallest absolute Gasteiger partial charge is 0.326 e. The molecule has 1 aromatic heterocycles. The van der Waals surface area contributed by atoms with Crippen molar-refractivity contribution in [1.29, 1.82) is 0 Å². The largest absolute Gasteiger partial charge is 0.480 e. The van der Waals surface area contributed by atoms with Crippen LogP contribution in [0.25, 0.3) is 0 Å². The molecule has 5 nitrogen and oxygen atoms in total. The molecule has 6 heteroatoms. The number of fused-ring (bicyclic) bond motifs is 1. The Hall–Kier alpha value is -1.98. The molecular weight excluding hydrogens is 275 g/mol. The van der Waals surface area contributed by atoms with Gasteiger partial charge in [0, 0.05) is 12.2 Å². The summed E-state index contributed by atoms with van der Waals surface area (Å²) in [5.41, 5.74) is -0.0949. The van der Waals surface area contributed by atoms with E-state index in [1.54, 1.807) is 0 Å². The first kappa shape index (κ1) is 14.0. The third-order valence-electron chi connectivity index (χ3n) is 4.61. The first-order valence-corrected chi connectivity index (χ1v) is 7.24. The standard InChI is InChI=1S/C15H17FN2O3/c16-11-8-17-6-5-10(11)14(19)18-12-4-2-1-3-9(12)7-13(18)15(20)21/h5-6,8-9,12-13H,1-4,7H2,(H,20,21)/t9-,12+,13+/m1/s1. The van der Waals surface area contributed by atoms with Gasteiger partial charge in [-0.05, 0) is 31.2 Å². The zero-order valence-corrected chi connectivity index (χ0v) is 11.5. The van der Waals surface area contributed by atoms with Gasteiger partial charge in [0.25, 0.3) is 5.91 Å². The van der Waals surface area contributed by atoms with Crippen LogP contribution in [0.1, 0.15) is 42.5 Å². The topological polar surface area (TPSA) is 70.5 Å². The van der Waals surface area contributed by atoms with Gasteiger partial charge < -0.3 is 10.0 Å². The van der Waals surface area contributed by atoms with Crippen LogP contribution in [0.15, 0.2) is 18.5 Å². The minimum absolute atomic E-state index is 0.0834. The SMILES string of the molecule is O=C(O)[C@@H]1C[C@H]2CCCC[C@@H]2N1C(=O)c1ccncc1F. The zero-order valence-electron chi connectivity index (χ0n) is 11.5. The molecule has 1 aliphatic carbocycles. The van der Waals surface area contributed by atoms with Crippen LogP contribution in [0.4, 0.5) is 4.39 Å². The number of carbonyl (C=O) groups is 2. The van der Waals surface area contributed by atoms with E-state index in [2.05, 4.69) is 4.98 Å².